The molecule has 1 aromatic rings. The van der Waals surface area contributed by atoms with Crippen LogP contribution in [0.3, 0.4) is 0 Å². The van der Waals surface area contributed by atoms with Crippen molar-refractivity contribution in [2.75, 3.05) is 0 Å². The smallest absolute Gasteiger partial charge is 0.0290 e. The van der Waals surface area contributed by atoms with Crippen molar-refractivity contribution in [3.05, 3.63) is 89.6 Å². The zero-order valence-electron chi connectivity index (χ0n) is 10.6. The highest BCUT2D eigenvalue weighted by molar-refractivity contribution is 5.90. The molecule has 1 unspecified atom stereocenters. The predicted molar refractivity (Wildman–Crippen MR) is 78.3 cm³/mol. The van der Waals surface area contributed by atoms with Gasteiger partial charge in [0.15, 0.2) is 0 Å². The highest BCUT2D eigenvalue weighted by Crippen LogP contribution is 2.49. The third kappa shape index (κ3) is 1.46. The maximum absolute atomic E-state index is 3.76. The Morgan fingerprint density at radius 3 is 2.83 bits per heavy atom. The zero-order chi connectivity index (χ0) is 12.5. The van der Waals surface area contributed by atoms with Crippen molar-refractivity contribution < 1.29 is 0 Å². The van der Waals surface area contributed by atoms with Crippen molar-refractivity contribution in [3.8, 4) is 0 Å². The van der Waals surface area contributed by atoms with Crippen LogP contribution in [-0.2, 0) is 0 Å². The molecule has 0 N–H and O–H groups in total. The molecule has 0 saturated carbocycles. The Morgan fingerprint density at radius 1 is 1.22 bits per heavy atom. The number of hydrogen-bond acceptors (Lipinski definition) is 0. The van der Waals surface area contributed by atoms with E-state index in [4.69, 9.17) is 0 Å². The molecule has 0 aliphatic heterocycles. The Hall–Kier alpha value is -2.08. The molecule has 1 aromatic carbocycles. The molecular weight excluding hydrogens is 216 g/mol. The molecule has 0 radical (unpaired) electrons. The minimum atomic E-state index is 0.442. The molecule has 0 amide bonds. The lowest BCUT2D eigenvalue weighted by Gasteiger charge is -2.05. The summed E-state index contributed by atoms with van der Waals surface area (Å²) in [4.78, 5) is 0. The number of fused-ring (bicyclic) bond motifs is 3. The van der Waals surface area contributed by atoms with Gasteiger partial charge in [-0.3, -0.25) is 0 Å². The second kappa shape index (κ2) is 4.30. The molecular formula is C18H16. The summed E-state index contributed by atoms with van der Waals surface area (Å²) >= 11 is 0. The third-order valence-electron chi connectivity index (χ3n) is 3.68. The highest BCUT2D eigenvalue weighted by Gasteiger charge is 2.32. The fraction of sp³-hybridized carbons (Fsp3) is 0.111. The minimum absolute atomic E-state index is 0.442. The zero-order valence-corrected chi connectivity index (χ0v) is 10.6. The third-order valence-corrected chi connectivity index (χ3v) is 3.68. The van der Waals surface area contributed by atoms with E-state index < -0.39 is 0 Å². The van der Waals surface area contributed by atoms with Gasteiger partial charge in [-0.2, -0.15) is 0 Å². The van der Waals surface area contributed by atoms with Gasteiger partial charge in [-0.15, -0.1) is 0 Å². The maximum atomic E-state index is 3.76. The molecule has 1 atom stereocenters. The van der Waals surface area contributed by atoms with Gasteiger partial charge < -0.3 is 0 Å². The van der Waals surface area contributed by atoms with Crippen LogP contribution in [0.2, 0.25) is 0 Å². The summed E-state index contributed by atoms with van der Waals surface area (Å²) < 4.78 is 0. The van der Waals surface area contributed by atoms with Crippen molar-refractivity contribution in [1.29, 1.82) is 0 Å². The van der Waals surface area contributed by atoms with Gasteiger partial charge in [0, 0.05) is 5.92 Å². The van der Waals surface area contributed by atoms with E-state index in [0.29, 0.717) is 5.92 Å². The maximum Gasteiger partial charge on any atom is 0.0290 e. The Morgan fingerprint density at radius 2 is 2.06 bits per heavy atom. The van der Waals surface area contributed by atoms with E-state index >= 15 is 0 Å². The first-order chi connectivity index (χ1) is 8.86. The quantitative estimate of drug-likeness (QED) is 0.643. The molecule has 0 spiro atoms. The summed E-state index contributed by atoms with van der Waals surface area (Å²) in [5, 5.41) is 0. The van der Waals surface area contributed by atoms with E-state index in [1.807, 2.05) is 12.2 Å². The molecule has 0 heterocycles. The fourth-order valence-electron chi connectivity index (χ4n) is 2.90. The van der Waals surface area contributed by atoms with Crippen molar-refractivity contribution in [2.24, 2.45) is 0 Å². The monoisotopic (exact) mass is 232 g/mol. The van der Waals surface area contributed by atoms with Crippen LogP contribution < -0.4 is 0 Å². The highest BCUT2D eigenvalue weighted by atomic mass is 14.3. The lowest BCUT2D eigenvalue weighted by Crippen LogP contribution is -1.90. The molecule has 0 nitrogen and oxygen atoms in total. The van der Waals surface area contributed by atoms with Gasteiger partial charge in [0.25, 0.3) is 0 Å². The summed E-state index contributed by atoms with van der Waals surface area (Å²) in [5.41, 5.74) is 6.91. The second-order valence-corrected chi connectivity index (χ2v) is 4.59. The average molecular weight is 232 g/mol. The SMILES string of the molecule is C=C/C=C\C1=C2C(=C\C)/C=CC2c2ccccc21. The molecule has 0 bridgehead atoms. The van der Waals surface area contributed by atoms with E-state index in [9.17, 15) is 0 Å². The van der Waals surface area contributed by atoms with E-state index in [2.05, 4.69) is 62.1 Å². The van der Waals surface area contributed by atoms with E-state index in [1.54, 1.807) is 0 Å². The Balaban J connectivity index is 2.24. The lowest BCUT2D eigenvalue weighted by atomic mass is 9.97. The van der Waals surface area contributed by atoms with Gasteiger partial charge >= 0.3 is 0 Å². The molecule has 2 aliphatic carbocycles. The van der Waals surface area contributed by atoms with E-state index in [0.717, 1.165) is 0 Å². The Kier molecular flexibility index (Phi) is 2.64. The van der Waals surface area contributed by atoms with Gasteiger partial charge in [-0.05, 0) is 34.8 Å². The van der Waals surface area contributed by atoms with Crippen molar-refractivity contribution in [3.63, 3.8) is 0 Å². The van der Waals surface area contributed by atoms with Crippen LogP contribution in [0.1, 0.15) is 24.0 Å². The number of allylic oxidation sites excluding steroid dienone is 9. The van der Waals surface area contributed by atoms with E-state index in [-0.39, 0.29) is 0 Å². The lowest BCUT2D eigenvalue weighted by molar-refractivity contribution is 1.08. The van der Waals surface area contributed by atoms with Gasteiger partial charge in [0.1, 0.15) is 0 Å². The van der Waals surface area contributed by atoms with Crippen LogP contribution >= 0.6 is 0 Å². The van der Waals surface area contributed by atoms with Crippen LogP contribution in [0.4, 0.5) is 0 Å². The van der Waals surface area contributed by atoms with Gasteiger partial charge in [0.2, 0.25) is 0 Å². The summed E-state index contributed by atoms with van der Waals surface area (Å²) in [6, 6.07) is 8.68. The van der Waals surface area contributed by atoms with Crippen molar-refractivity contribution >= 4 is 5.57 Å². The molecule has 88 valence electrons. The Labute approximate surface area is 108 Å². The standard InChI is InChI=1S/C18H16/c1-3-5-8-16-14-9-6-7-10-15(14)17-12-11-13(4-2)18(16)17/h3-12,17H,1H2,2H3/b8-5-,13-4-. The van der Waals surface area contributed by atoms with Gasteiger partial charge in [-0.1, -0.05) is 67.3 Å². The summed E-state index contributed by atoms with van der Waals surface area (Å²) in [6.07, 6.45) is 12.8. The van der Waals surface area contributed by atoms with Crippen LogP contribution in [0, 0.1) is 0 Å². The number of rotatable bonds is 2. The van der Waals surface area contributed by atoms with E-state index in [1.165, 1.54) is 27.8 Å². The largest absolute Gasteiger partial charge is 0.0991 e. The second-order valence-electron chi connectivity index (χ2n) is 4.59. The number of hydrogen-bond donors (Lipinski definition) is 0. The predicted octanol–water partition coefficient (Wildman–Crippen LogP) is 4.80. The van der Waals surface area contributed by atoms with Crippen LogP contribution in [0.5, 0.6) is 0 Å². The topological polar surface area (TPSA) is 0 Å². The van der Waals surface area contributed by atoms with Crippen LogP contribution in [-0.4, -0.2) is 0 Å². The molecule has 3 rings (SSSR count). The van der Waals surface area contributed by atoms with Crippen molar-refractivity contribution in [2.45, 2.75) is 12.8 Å². The fourth-order valence-corrected chi connectivity index (χ4v) is 2.90. The molecule has 0 fully saturated rings. The first-order valence-electron chi connectivity index (χ1n) is 6.34. The average Bonchev–Trinajstić information content (AvgIpc) is 2.95. The summed E-state index contributed by atoms with van der Waals surface area (Å²) in [6.45, 7) is 5.87. The minimum Gasteiger partial charge on any atom is -0.0991 e. The van der Waals surface area contributed by atoms with Gasteiger partial charge in [0.05, 0.1) is 0 Å². The van der Waals surface area contributed by atoms with Gasteiger partial charge in [-0.25, -0.2) is 0 Å². The first-order valence-corrected chi connectivity index (χ1v) is 6.34. The summed E-state index contributed by atoms with van der Waals surface area (Å²) in [7, 11) is 0. The summed E-state index contributed by atoms with van der Waals surface area (Å²) in [5.74, 6) is 0.442. The number of benzene rings is 1. The Bertz CT molecular complexity index is 621. The van der Waals surface area contributed by atoms with Crippen molar-refractivity contribution in [1.82, 2.24) is 0 Å². The molecule has 18 heavy (non-hydrogen) atoms. The molecule has 0 saturated heterocycles. The van der Waals surface area contributed by atoms with Crippen LogP contribution in [0.15, 0.2) is 78.4 Å². The van der Waals surface area contributed by atoms with Crippen LogP contribution in [0.25, 0.3) is 5.57 Å². The molecule has 2 aliphatic rings. The molecule has 0 aromatic heterocycles. The normalized spacial score (nSPS) is 22.9. The first kappa shape index (κ1) is 11.0. The molecule has 0 heteroatoms.